The topological polar surface area (TPSA) is 115 Å². The van der Waals surface area contributed by atoms with Crippen LogP contribution in [0.3, 0.4) is 0 Å². The van der Waals surface area contributed by atoms with Crippen LogP contribution in [0.1, 0.15) is 16.3 Å². The number of amides is 1. The van der Waals surface area contributed by atoms with Crippen LogP contribution in [0.25, 0.3) is 0 Å². The third-order valence-electron chi connectivity index (χ3n) is 2.62. The molecule has 2 aromatic heterocycles. The average molecular weight is 278 g/mol. The van der Waals surface area contributed by atoms with Gasteiger partial charge in [-0.25, -0.2) is 9.67 Å². The Morgan fingerprint density at radius 2 is 2.25 bits per heavy atom. The van der Waals surface area contributed by atoms with Crippen LogP contribution in [0.2, 0.25) is 0 Å². The molecule has 0 aromatic carbocycles. The molecule has 0 saturated heterocycles. The molecule has 9 nitrogen and oxygen atoms in total. The van der Waals surface area contributed by atoms with Crippen molar-refractivity contribution in [1.82, 2.24) is 29.9 Å². The Kier molecular flexibility index (Phi) is 4.08. The molecule has 0 aliphatic rings. The third-order valence-corrected chi connectivity index (χ3v) is 2.62. The van der Waals surface area contributed by atoms with Gasteiger partial charge in [-0.15, -0.1) is 5.10 Å². The molecule has 0 spiro atoms. The number of hydrogen-bond acceptors (Lipinski definition) is 5. The van der Waals surface area contributed by atoms with Crippen LogP contribution in [-0.4, -0.2) is 48.1 Å². The molecule has 106 valence electrons. The molecule has 9 heteroatoms. The predicted octanol–water partition coefficient (Wildman–Crippen LogP) is -0.931. The van der Waals surface area contributed by atoms with Gasteiger partial charge in [0.2, 0.25) is 0 Å². The second kappa shape index (κ2) is 5.95. The Morgan fingerprint density at radius 1 is 1.45 bits per heavy atom. The summed E-state index contributed by atoms with van der Waals surface area (Å²) in [4.78, 5) is 26.4. The molecule has 2 aromatic rings. The van der Waals surface area contributed by atoms with E-state index in [1.807, 2.05) is 17.8 Å². The van der Waals surface area contributed by atoms with Gasteiger partial charge in [0.25, 0.3) is 5.91 Å². The summed E-state index contributed by atoms with van der Waals surface area (Å²) < 4.78 is 2.96. The highest BCUT2D eigenvalue weighted by Gasteiger charge is 2.11. The van der Waals surface area contributed by atoms with Gasteiger partial charge in [-0.3, -0.25) is 9.59 Å². The fourth-order valence-corrected chi connectivity index (χ4v) is 1.63. The number of carboxylic acid groups (broad SMARTS) is 1. The quantitative estimate of drug-likeness (QED) is 0.705. The summed E-state index contributed by atoms with van der Waals surface area (Å²) in [6, 6.07) is 0. The highest BCUT2D eigenvalue weighted by Crippen LogP contribution is 1.96. The fourth-order valence-electron chi connectivity index (χ4n) is 1.63. The Balaban J connectivity index is 1.84. The summed E-state index contributed by atoms with van der Waals surface area (Å²) in [6.07, 6.45) is 5.41. The standard InChI is InChI=1S/C11H14N6O3/c1-16-5-4-12-9(16)2-3-13-11(20)8-6-17(15-14-8)7-10(18)19/h4-6H,2-3,7H2,1H3,(H,13,20)(H,18,19). The number of nitrogens with one attached hydrogen (secondary N) is 1. The van der Waals surface area contributed by atoms with Crippen molar-refractivity contribution in [2.75, 3.05) is 6.54 Å². The van der Waals surface area contributed by atoms with Crippen LogP contribution in [0.5, 0.6) is 0 Å². The van der Waals surface area contributed by atoms with Gasteiger partial charge in [0, 0.05) is 32.4 Å². The van der Waals surface area contributed by atoms with Crippen LogP contribution in [-0.2, 0) is 24.8 Å². The molecular weight excluding hydrogens is 264 g/mol. The molecule has 20 heavy (non-hydrogen) atoms. The number of imidazole rings is 1. The van der Waals surface area contributed by atoms with Gasteiger partial charge in [-0.2, -0.15) is 0 Å². The maximum atomic E-state index is 11.8. The summed E-state index contributed by atoms with van der Waals surface area (Å²) in [7, 11) is 1.88. The number of carboxylic acids is 1. The first-order valence-corrected chi connectivity index (χ1v) is 5.92. The fraction of sp³-hybridized carbons (Fsp3) is 0.364. The first-order valence-electron chi connectivity index (χ1n) is 5.92. The number of aliphatic carboxylic acids is 1. The summed E-state index contributed by atoms with van der Waals surface area (Å²) in [5.74, 6) is -0.577. The molecule has 1 amide bonds. The van der Waals surface area contributed by atoms with Crippen molar-refractivity contribution >= 4 is 11.9 Å². The van der Waals surface area contributed by atoms with Crippen molar-refractivity contribution < 1.29 is 14.7 Å². The average Bonchev–Trinajstić information content (AvgIpc) is 2.98. The van der Waals surface area contributed by atoms with Crippen LogP contribution in [0.4, 0.5) is 0 Å². The lowest BCUT2D eigenvalue weighted by Crippen LogP contribution is -2.26. The van der Waals surface area contributed by atoms with Gasteiger partial charge < -0.3 is 15.0 Å². The second-order valence-corrected chi connectivity index (χ2v) is 4.16. The van der Waals surface area contributed by atoms with Gasteiger partial charge in [-0.05, 0) is 0 Å². The first kappa shape index (κ1) is 13.7. The van der Waals surface area contributed by atoms with Crippen LogP contribution < -0.4 is 5.32 Å². The van der Waals surface area contributed by atoms with Gasteiger partial charge in [-0.1, -0.05) is 5.21 Å². The van der Waals surface area contributed by atoms with E-state index in [1.165, 1.54) is 6.20 Å². The summed E-state index contributed by atoms with van der Waals surface area (Å²) >= 11 is 0. The maximum absolute atomic E-state index is 11.8. The second-order valence-electron chi connectivity index (χ2n) is 4.16. The SMILES string of the molecule is Cn1ccnc1CCNC(=O)c1cn(CC(=O)O)nn1. The van der Waals surface area contributed by atoms with Gasteiger partial charge in [0.1, 0.15) is 12.4 Å². The zero-order valence-corrected chi connectivity index (χ0v) is 10.9. The third kappa shape index (κ3) is 3.40. The molecule has 0 fully saturated rings. The highest BCUT2D eigenvalue weighted by molar-refractivity contribution is 5.91. The van der Waals surface area contributed by atoms with E-state index >= 15 is 0 Å². The van der Waals surface area contributed by atoms with E-state index in [-0.39, 0.29) is 12.2 Å². The van der Waals surface area contributed by atoms with E-state index in [0.29, 0.717) is 13.0 Å². The van der Waals surface area contributed by atoms with Crippen LogP contribution >= 0.6 is 0 Å². The van der Waals surface area contributed by atoms with E-state index < -0.39 is 11.9 Å². The molecule has 0 aliphatic carbocycles. The lowest BCUT2D eigenvalue weighted by atomic mass is 10.3. The molecule has 0 unspecified atom stereocenters. The van der Waals surface area contributed by atoms with Gasteiger partial charge in [0.05, 0.1) is 6.20 Å². The number of carbonyl (C=O) groups excluding carboxylic acids is 1. The molecule has 0 atom stereocenters. The molecule has 0 aliphatic heterocycles. The Bertz CT molecular complexity index is 617. The summed E-state index contributed by atoms with van der Waals surface area (Å²) in [5, 5.41) is 18.4. The number of rotatable bonds is 6. The van der Waals surface area contributed by atoms with E-state index in [0.717, 1.165) is 10.5 Å². The first-order chi connectivity index (χ1) is 9.56. The largest absolute Gasteiger partial charge is 0.480 e. The minimum Gasteiger partial charge on any atom is -0.480 e. The molecule has 2 N–H and O–H groups in total. The molecule has 0 saturated carbocycles. The van der Waals surface area contributed by atoms with Crippen LogP contribution in [0, 0.1) is 0 Å². The van der Waals surface area contributed by atoms with Crippen molar-refractivity contribution in [3.05, 3.63) is 30.1 Å². The smallest absolute Gasteiger partial charge is 0.325 e. The minimum atomic E-state index is -1.04. The number of aromatic nitrogens is 5. The number of aryl methyl sites for hydroxylation is 1. The van der Waals surface area contributed by atoms with Crippen molar-refractivity contribution in [2.24, 2.45) is 7.05 Å². The lowest BCUT2D eigenvalue weighted by molar-refractivity contribution is -0.137. The zero-order valence-electron chi connectivity index (χ0n) is 10.9. The Labute approximate surface area is 114 Å². The Morgan fingerprint density at radius 3 is 2.90 bits per heavy atom. The Hall–Kier alpha value is -2.71. The van der Waals surface area contributed by atoms with E-state index in [4.69, 9.17) is 5.11 Å². The molecule has 2 heterocycles. The van der Waals surface area contributed by atoms with Crippen molar-refractivity contribution in [3.63, 3.8) is 0 Å². The summed E-state index contributed by atoms with van der Waals surface area (Å²) in [5.41, 5.74) is 0.0890. The number of hydrogen-bond donors (Lipinski definition) is 2. The molecule has 0 radical (unpaired) electrons. The predicted molar refractivity (Wildman–Crippen MR) is 66.9 cm³/mol. The monoisotopic (exact) mass is 278 g/mol. The molecule has 2 rings (SSSR count). The maximum Gasteiger partial charge on any atom is 0.325 e. The lowest BCUT2D eigenvalue weighted by Gasteiger charge is -2.03. The van der Waals surface area contributed by atoms with E-state index in [1.54, 1.807) is 6.20 Å². The van der Waals surface area contributed by atoms with Crippen molar-refractivity contribution in [1.29, 1.82) is 0 Å². The molecular formula is C11H14N6O3. The van der Waals surface area contributed by atoms with Crippen molar-refractivity contribution in [2.45, 2.75) is 13.0 Å². The number of carbonyl (C=O) groups is 2. The molecule has 0 bridgehead atoms. The van der Waals surface area contributed by atoms with E-state index in [9.17, 15) is 9.59 Å². The van der Waals surface area contributed by atoms with Crippen molar-refractivity contribution in [3.8, 4) is 0 Å². The van der Waals surface area contributed by atoms with E-state index in [2.05, 4.69) is 20.6 Å². The number of nitrogens with zero attached hydrogens (tertiary/aromatic N) is 5. The highest BCUT2D eigenvalue weighted by atomic mass is 16.4. The summed E-state index contributed by atoms with van der Waals surface area (Å²) in [6.45, 7) is 0.0863. The minimum absolute atomic E-state index is 0.0890. The zero-order chi connectivity index (χ0) is 14.5. The van der Waals surface area contributed by atoms with Crippen LogP contribution in [0.15, 0.2) is 18.6 Å². The van der Waals surface area contributed by atoms with Gasteiger partial charge >= 0.3 is 5.97 Å². The normalized spacial score (nSPS) is 10.4. The van der Waals surface area contributed by atoms with Gasteiger partial charge in [0.15, 0.2) is 5.69 Å².